The molecule has 26 heavy (non-hydrogen) atoms. The number of benzene rings is 2. The minimum atomic E-state index is -0.592. The van der Waals surface area contributed by atoms with Crippen molar-refractivity contribution in [3.8, 4) is 0 Å². The van der Waals surface area contributed by atoms with Crippen LogP contribution in [0.4, 0.5) is 15.8 Å². The molecule has 0 radical (unpaired) electrons. The maximum Gasteiger partial charge on any atom is 0.247 e. The summed E-state index contributed by atoms with van der Waals surface area (Å²) in [4.78, 5) is 37.8. The van der Waals surface area contributed by atoms with E-state index in [4.69, 9.17) is 0 Å². The lowest BCUT2D eigenvalue weighted by molar-refractivity contribution is -0.121. The van der Waals surface area contributed by atoms with Crippen molar-refractivity contribution in [2.75, 3.05) is 16.0 Å². The number of carbonyl (C=O) groups is 3. The number of carbonyl (C=O) groups excluding carboxylic acids is 3. The Balaban J connectivity index is 1.57. The summed E-state index contributed by atoms with van der Waals surface area (Å²) >= 11 is 4.43. The second-order valence-electron chi connectivity index (χ2n) is 5.60. The molecule has 3 amide bonds. The van der Waals surface area contributed by atoms with Crippen molar-refractivity contribution in [3.63, 3.8) is 0 Å². The van der Waals surface area contributed by atoms with Crippen LogP contribution >= 0.6 is 27.7 Å². The van der Waals surface area contributed by atoms with Crippen molar-refractivity contribution in [2.45, 2.75) is 11.7 Å². The summed E-state index contributed by atoms with van der Waals surface area (Å²) in [6.07, 6.45) is 0.0589. The number of rotatable bonds is 5. The van der Waals surface area contributed by atoms with Gasteiger partial charge in [-0.15, -0.1) is 11.8 Å². The highest BCUT2D eigenvalue weighted by molar-refractivity contribution is 9.10. The molecule has 134 valence electrons. The molecule has 0 aromatic heterocycles. The maximum atomic E-state index is 12.9. The third kappa shape index (κ3) is 4.31. The van der Waals surface area contributed by atoms with Gasteiger partial charge in [0.2, 0.25) is 17.7 Å². The van der Waals surface area contributed by atoms with Crippen LogP contribution < -0.4 is 10.2 Å². The third-order valence-corrected chi connectivity index (χ3v) is 5.46. The SMILES string of the molecule is O=C(CSC1CC(=O)N(c2ccc(Br)cc2)C1=O)Nc1ccc(F)cc1. The van der Waals surface area contributed by atoms with Crippen molar-refractivity contribution in [2.24, 2.45) is 0 Å². The zero-order chi connectivity index (χ0) is 18.7. The molecule has 1 saturated heterocycles. The first-order chi connectivity index (χ1) is 12.4. The smallest absolute Gasteiger partial charge is 0.247 e. The lowest BCUT2D eigenvalue weighted by Crippen LogP contribution is -2.31. The van der Waals surface area contributed by atoms with Gasteiger partial charge in [-0.1, -0.05) is 15.9 Å². The molecule has 1 aliphatic heterocycles. The Kier molecular flexibility index (Phi) is 5.73. The molecule has 0 aliphatic carbocycles. The summed E-state index contributed by atoms with van der Waals surface area (Å²) in [5.41, 5.74) is 0.990. The van der Waals surface area contributed by atoms with Gasteiger partial charge < -0.3 is 5.32 Å². The molecule has 5 nitrogen and oxygen atoms in total. The molecular weight excluding hydrogens is 423 g/mol. The predicted molar refractivity (Wildman–Crippen MR) is 103 cm³/mol. The zero-order valence-corrected chi connectivity index (χ0v) is 15.8. The number of imide groups is 1. The van der Waals surface area contributed by atoms with E-state index in [1.807, 2.05) is 0 Å². The van der Waals surface area contributed by atoms with Gasteiger partial charge in [-0.2, -0.15) is 0 Å². The van der Waals surface area contributed by atoms with Crippen LogP contribution in [0.3, 0.4) is 0 Å². The molecule has 1 atom stereocenters. The largest absolute Gasteiger partial charge is 0.325 e. The Morgan fingerprint density at radius 3 is 2.46 bits per heavy atom. The molecule has 8 heteroatoms. The van der Waals surface area contributed by atoms with Gasteiger partial charge in [-0.3, -0.25) is 14.4 Å². The number of nitrogens with one attached hydrogen (secondary N) is 1. The van der Waals surface area contributed by atoms with E-state index >= 15 is 0 Å². The minimum absolute atomic E-state index is 0.0231. The predicted octanol–water partition coefficient (Wildman–Crippen LogP) is 3.59. The Hall–Kier alpha value is -2.19. The number of amides is 3. The Labute approximate surface area is 162 Å². The van der Waals surface area contributed by atoms with Gasteiger partial charge in [0.1, 0.15) is 5.82 Å². The number of thioether (sulfide) groups is 1. The molecule has 2 aromatic rings. The molecule has 0 spiro atoms. The molecule has 1 aliphatic rings. The minimum Gasteiger partial charge on any atom is -0.325 e. The molecule has 2 aromatic carbocycles. The van der Waals surface area contributed by atoms with Gasteiger partial charge in [-0.25, -0.2) is 9.29 Å². The number of anilines is 2. The maximum absolute atomic E-state index is 12.9. The number of hydrogen-bond donors (Lipinski definition) is 1. The summed E-state index contributed by atoms with van der Waals surface area (Å²) in [5.74, 6) is -1.29. The number of hydrogen-bond acceptors (Lipinski definition) is 4. The van der Waals surface area contributed by atoms with Gasteiger partial charge in [-0.05, 0) is 48.5 Å². The van der Waals surface area contributed by atoms with Crippen LogP contribution in [-0.2, 0) is 14.4 Å². The van der Waals surface area contributed by atoms with E-state index in [0.717, 1.165) is 21.1 Å². The van der Waals surface area contributed by atoms with E-state index in [1.165, 1.54) is 24.3 Å². The van der Waals surface area contributed by atoms with Crippen molar-refractivity contribution < 1.29 is 18.8 Å². The average Bonchev–Trinajstić information content (AvgIpc) is 2.90. The van der Waals surface area contributed by atoms with E-state index in [0.29, 0.717) is 11.4 Å². The molecule has 1 unspecified atom stereocenters. The molecule has 1 fully saturated rings. The third-order valence-electron chi connectivity index (χ3n) is 3.73. The molecule has 1 heterocycles. The summed E-state index contributed by atoms with van der Waals surface area (Å²) in [6.45, 7) is 0. The molecule has 1 N–H and O–H groups in total. The van der Waals surface area contributed by atoms with Crippen LogP contribution in [0, 0.1) is 5.82 Å². The van der Waals surface area contributed by atoms with E-state index in [1.54, 1.807) is 24.3 Å². The first-order valence-electron chi connectivity index (χ1n) is 7.73. The normalized spacial score (nSPS) is 16.8. The van der Waals surface area contributed by atoms with Crippen LogP contribution in [0.1, 0.15) is 6.42 Å². The van der Waals surface area contributed by atoms with E-state index < -0.39 is 5.25 Å². The molecule has 0 saturated carbocycles. The monoisotopic (exact) mass is 436 g/mol. The van der Waals surface area contributed by atoms with Crippen LogP contribution in [0.2, 0.25) is 0 Å². The van der Waals surface area contributed by atoms with Crippen LogP contribution in [-0.4, -0.2) is 28.7 Å². The molecular formula is C18H14BrFN2O3S. The van der Waals surface area contributed by atoms with Crippen LogP contribution in [0.25, 0.3) is 0 Å². The molecule has 3 rings (SSSR count). The van der Waals surface area contributed by atoms with Crippen molar-refractivity contribution in [3.05, 3.63) is 58.8 Å². The first-order valence-corrected chi connectivity index (χ1v) is 9.57. The van der Waals surface area contributed by atoms with Crippen molar-refractivity contribution in [1.82, 2.24) is 0 Å². The average molecular weight is 437 g/mol. The Morgan fingerprint density at radius 2 is 1.81 bits per heavy atom. The second kappa shape index (κ2) is 8.01. The van der Waals surface area contributed by atoms with E-state index in [2.05, 4.69) is 21.2 Å². The van der Waals surface area contributed by atoms with Crippen LogP contribution in [0.5, 0.6) is 0 Å². The summed E-state index contributed by atoms with van der Waals surface area (Å²) in [5, 5.41) is 2.03. The molecule has 0 bridgehead atoms. The lowest BCUT2D eigenvalue weighted by Gasteiger charge is -2.15. The fourth-order valence-electron chi connectivity index (χ4n) is 2.50. The van der Waals surface area contributed by atoms with Gasteiger partial charge in [0.15, 0.2) is 0 Å². The van der Waals surface area contributed by atoms with Gasteiger partial charge >= 0.3 is 0 Å². The van der Waals surface area contributed by atoms with Crippen molar-refractivity contribution in [1.29, 1.82) is 0 Å². The zero-order valence-electron chi connectivity index (χ0n) is 13.4. The Bertz CT molecular complexity index is 843. The highest BCUT2D eigenvalue weighted by atomic mass is 79.9. The van der Waals surface area contributed by atoms with Gasteiger partial charge in [0.05, 0.1) is 16.7 Å². The van der Waals surface area contributed by atoms with E-state index in [-0.39, 0.29) is 35.7 Å². The standard InChI is InChI=1S/C18H14BrFN2O3S/c19-11-1-7-14(8-2-11)22-17(24)9-15(18(22)25)26-10-16(23)21-13-5-3-12(20)4-6-13/h1-8,15H,9-10H2,(H,21,23). The quantitative estimate of drug-likeness (QED) is 0.727. The topological polar surface area (TPSA) is 66.5 Å². The second-order valence-corrected chi connectivity index (χ2v) is 7.71. The fraction of sp³-hybridized carbons (Fsp3) is 0.167. The van der Waals surface area contributed by atoms with Gasteiger partial charge in [0.25, 0.3) is 0 Å². The van der Waals surface area contributed by atoms with E-state index in [9.17, 15) is 18.8 Å². The first kappa shape index (κ1) is 18.6. The Morgan fingerprint density at radius 1 is 1.15 bits per heavy atom. The number of nitrogens with zero attached hydrogens (tertiary/aromatic N) is 1. The van der Waals surface area contributed by atoms with Crippen LogP contribution in [0.15, 0.2) is 53.0 Å². The summed E-state index contributed by atoms with van der Waals surface area (Å²) < 4.78 is 13.7. The van der Waals surface area contributed by atoms with Crippen molar-refractivity contribution >= 4 is 56.8 Å². The number of halogens is 2. The fourth-order valence-corrected chi connectivity index (χ4v) is 3.70. The van der Waals surface area contributed by atoms with Gasteiger partial charge in [0, 0.05) is 16.6 Å². The summed E-state index contributed by atoms with van der Waals surface area (Å²) in [7, 11) is 0. The highest BCUT2D eigenvalue weighted by Gasteiger charge is 2.40. The lowest BCUT2D eigenvalue weighted by atomic mass is 10.3. The summed E-state index contributed by atoms with van der Waals surface area (Å²) in [6, 6.07) is 12.3. The highest BCUT2D eigenvalue weighted by Crippen LogP contribution is 2.30.